The van der Waals surface area contributed by atoms with E-state index in [2.05, 4.69) is 53.2 Å². The molecule has 0 saturated heterocycles. The number of halogens is 1. The number of nitrogens with two attached hydrogens (primary N) is 1. The summed E-state index contributed by atoms with van der Waals surface area (Å²) in [5.74, 6) is 2.04. The highest BCUT2D eigenvalue weighted by atomic mass is 79.9. The number of rotatable bonds is 4. The van der Waals surface area contributed by atoms with Gasteiger partial charge >= 0.3 is 0 Å². The Labute approximate surface area is 121 Å². The topological polar surface area (TPSA) is 26.0 Å². The van der Waals surface area contributed by atoms with Crippen LogP contribution < -0.4 is 5.73 Å². The lowest BCUT2D eigenvalue weighted by molar-refractivity contribution is 1.30. The van der Waals surface area contributed by atoms with Gasteiger partial charge in [-0.2, -0.15) is 11.8 Å². The fourth-order valence-corrected chi connectivity index (χ4v) is 3.04. The van der Waals surface area contributed by atoms with Crippen molar-refractivity contribution in [3.05, 3.63) is 63.6 Å². The van der Waals surface area contributed by atoms with Crippen LogP contribution in [0, 0.1) is 6.92 Å². The van der Waals surface area contributed by atoms with Crippen molar-refractivity contribution in [2.45, 2.75) is 18.4 Å². The highest BCUT2D eigenvalue weighted by Crippen LogP contribution is 2.24. The molecule has 2 rings (SSSR count). The molecule has 2 aromatic rings. The Morgan fingerprint density at radius 1 is 1.11 bits per heavy atom. The van der Waals surface area contributed by atoms with Gasteiger partial charge in [0, 0.05) is 21.7 Å². The van der Waals surface area contributed by atoms with E-state index in [9.17, 15) is 0 Å². The van der Waals surface area contributed by atoms with Crippen molar-refractivity contribution in [3.8, 4) is 0 Å². The van der Waals surface area contributed by atoms with E-state index in [1.54, 1.807) is 0 Å². The minimum Gasteiger partial charge on any atom is -0.398 e. The summed E-state index contributed by atoms with van der Waals surface area (Å²) in [7, 11) is 0. The van der Waals surface area contributed by atoms with Crippen LogP contribution in [0.4, 0.5) is 5.69 Å². The van der Waals surface area contributed by atoms with Crippen LogP contribution in [0.15, 0.2) is 46.9 Å². The zero-order chi connectivity index (χ0) is 13.0. The van der Waals surface area contributed by atoms with Crippen molar-refractivity contribution >= 4 is 33.4 Å². The van der Waals surface area contributed by atoms with Gasteiger partial charge in [-0.15, -0.1) is 0 Å². The Balaban J connectivity index is 1.92. The zero-order valence-corrected chi connectivity index (χ0v) is 12.7. The van der Waals surface area contributed by atoms with Crippen molar-refractivity contribution in [1.29, 1.82) is 0 Å². The van der Waals surface area contributed by atoms with E-state index in [4.69, 9.17) is 5.73 Å². The fraction of sp³-hybridized carbons (Fsp3) is 0.200. The molecule has 0 heterocycles. The first-order valence-corrected chi connectivity index (χ1v) is 7.78. The molecule has 18 heavy (non-hydrogen) atoms. The Morgan fingerprint density at radius 2 is 1.89 bits per heavy atom. The summed E-state index contributed by atoms with van der Waals surface area (Å²) in [5.41, 5.74) is 10.7. The molecule has 0 radical (unpaired) electrons. The number of thioether (sulfide) groups is 1. The monoisotopic (exact) mass is 321 g/mol. The molecule has 0 amide bonds. The first-order chi connectivity index (χ1) is 8.66. The number of benzene rings is 2. The van der Waals surface area contributed by atoms with Crippen molar-refractivity contribution in [1.82, 2.24) is 0 Å². The second-order valence-corrected chi connectivity index (χ2v) is 6.12. The van der Waals surface area contributed by atoms with Crippen LogP contribution in [0.25, 0.3) is 0 Å². The fourth-order valence-electron chi connectivity index (χ4n) is 1.73. The Hall–Kier alpha value is -0.930. The number of nitrogen functional groups attached to an aromatic ring is 1. The lowest BCUT2D eigenvalue weighted by Gasteiger charge is -2.06. The molecule has 2 N–H and O–H groups in total. The normalized spacial score (nSPS) is 10.6. The van der Waals surface area contributed by atoms with E-state index in [0.717, 1.165) is 21.7 Å². The van der Waals surface area contributed by atoms with Crippen LogP contribution in [0.3, 0.4) is 0 Å². The smallest absolute Gasteiger partial charge is 0.0461 e. The molecule has 0 fully saturated rings. The number of hydrogen-bond donors (Lipinski definition) is 1. The molecule has 0 saturated carbocycles. The van der Waals surface area contributed by atoms with E-state index < -0.39 is 0 Å². The third kappa shape index (κ3) is 3.53. The summed E-state index contributed by atoms with van der Waals surface area (Å²) in [6.07, 6.45) is 0. The lowest BCUT2D eigenvalue weighted by Crippen LogP contribution is -1.90. The van der Waals surface area contributed by atoms with Gasteiger partial charge in [0.2, 0.25) is 0 Å². The predicted octanol–water partition coefficient (Wildman–Crippen LogP) is 4.77. The molecular weight excluding hydrogens is 306 g/mol. The van der Waals surface area contributed by atoms with E-state index in [1.165, 1.54) is 16.7 Å². The van der Waals surface area contributed by atoms with Crippen molar-refractivity contribution in [2.24, 2.45) is 0 Å². The first-order valence-electron chi connectivity index (χ1n) is 5.83. The molecule has 0 atom stereocenters. The van der Waals surface area contributed by atoms with Gasteiger partial charge in [0.25, 0.3) is 0 Å². The number of aryl methyl sites for hydroxylation is 1. The van der Waals surface area contributed by atoms with Gasteiger partial charge < -0.3 is 5.73 Å². The molecule has 0 unspecified atom stereocenters. The van der Waals surface area contributed by atoms with Crippen LogP contribution in [-0.4, -0.2) is 0 Å². The quantitative estimate of drug-likeness (QED) is 0.820. The molecule has 3 heteroatoms. The number of hydrogen-bond acceptors (Lipinski definition) is 2. The summed E-state index contributed by atoms with van der Waals surface area (Å²) in [4.78, 5) is 0. The highest BCUT2D eigenvalue weighted by Gasteiger charge is 2.00. The Morgan fingerprint density at radius 3 is 2.61 bits per heavy atom. The minimum atomic E-state index is 0.809. The summed E-state index contributed by atoms with van der Waals surface area (Å²) >= 11 is 5.33. The molecule has 94 valence electrons. The van der Waals surface area contributed by atoms with E-state index in [0.29, 0.717) is 0 Å². The molecule has 0 aliphatic carbocycles. The largest absolute Gasteiger partial charge is 0.398 e. The maximum atomic E-state index is 5.87. The van der Waals surface area contributed by atoms with Crippen LogP contribution in [-0.2, 0) is 11.5 Å². The highest BCUT2D eigenvalue weighted by molar-refractivity contribution is 9.10. The van der Waals surface area contributed by atoms with Crippen molar-refractivity contribution in [2.75, 3.05) is 5.73 Å². The summed E-state index contributed by atoms with van der Waals surface area (Å²) in [5, 5.41) is 0. The predicted molar refractivity (Wildman–Crippen MR) is 84.7 cm³/mol. The summed E-state index contributed by atoms with van der Waals surface area (Å²) in [6.45, 7) is 2.16. The van der Waals surface area contributed by atoms with Gasteiger partial charge in [-0.25, -0.2) is 0 Å². The SMILES string of the molecule is Cc1ccccc1CSCc1ccc(Br)c(N)c1. The summed E-state index contributed by atoms with van der Waals surface area (Å²) < 4.78 is 0.968. The van der Waals surface area contributed by atoms with Gasteiger partial charge in [-0.05, 0) is 51.7 Å². The van der Waals surface area contributed by atoms with Gasteiger partial charge in [0.15, 0.2) is 0 Å². The zero-order valence-electron chi connectivity index (χ0n) is 10.3. The molecular formula is C15H16BrNS. The van der Waals surface area contributed by atoms with E-state index in [-0.39, 0.29) is 0 Å². The Kier molecular flexibility index (Phi) is 4.72. The van der Waals surface area contributed by atoms with Gasteiger partial charge in [0.05, 0.1) is 0 Å². The first kappa shape index (κ1) is 13.5. The van der Waals surface area contributed by atoms with Gasteiger partial charge in [-0.3, -0.25) is 0 Å². The summed E-state index contributed by atoms with van der Waals surface area (Å²) in [6, 6.07) is 14.7. The van der Waals surface area contributed by atoms with Crippen molar-refractivity contribution in [3.63, 3.8) is 0 Å². The third-order valence-electron chi connectivity index (χ3n) is 2.85. The minimum absolute atomic E-state index is 0.809. The Bertz CT molecular complexity index is 540. The lowest BCUT2D eigenvalue weighted by atomic mass is 10.1. The van der Waals surface area contributed by atoms with Crippen LogP contribution in [0.2, 0.25) is 0 Å². The molecule has 1 nitrogen and oxygen atoms in total. The second-order valence-electron chi connectivity index (χ2n) is 4.28. The molecule has 0 spiro atoms. The van der Waals surface area contributed by atoms with Crippen LogP contribution >= 0.6 is 27.7 Å². The average Bonchev–Trinajstić information content (AvgIpc) is 2.36. The molecule has 0 aliphatic heterocycles. The van der Waals surface area contributed by atoms with Gasteiger partial charge in [0.1, 0.15) is 0 Å². The number of anilines is 1. The van der Waals surface area contributed by atoms with Crippen LogP contribution in [0.1, 0.15) is 16.7 Å². The maximum absolute atomic E-state index is 5.87. The molecule has 0 aliphatic rings. The van der Waals surface area contributed by atoms with Gasteiger partial charge in [-0.1, -0.05) is 30.3 Å². The average molecular weight is 322 g/mol. The van der Waals surface area contributed by atoms with Crippen LogP contribution in [0.5, 0.6) is 0 Å². The van der Waals surface area contributed by atoms with Crippen molar-refractivity contribution < 1.29 is 0 Å². The molecule has 0 bridgehead atoms. The maximum Gasteiger partial charge on any atom is 0.0461 e. The standard InChI is InChI=1S/C15H16BrNS/c1-11-4-2-3-5-13(11)10-18-9-12-6-7-14(16)15(17)8-12/h2-8H,9-10,17H2,1H3. The van der Waals surface area contributed by atoms with E-state index >= 15 is 0 Å². The molecule has 0 aromatic heterocycles. The molecule has 2 aromatic carbocycles. The third-order valence-corrected chi connectivity index (χ3v) is 4.62. The van der Waals surface area contributed by atoms with E-state index in [1.807, 2.05) is 23.9 Å². The second kappa shape index (κ2) is 6.30.